The van der Waals surface area contributed by atoms with Gasteiger partial charge in [-0.05, 0) is 46.8 Å². The van der Waals surface area contributed by atoms with Gasteiger partial charge in [0.1, 0.15) is 11.8 Å². The van der Waals surface area contributed by atoms with Crippen LogP contribution in [-0.4, -0.2) is 28.7 Å². The Morgan fingerprint density at radius 3 is 2.05 bits per heavy atom. The first-order valence-corrected chi connectivity index (χ1v) is 7.40. The van der Waals surface area contributed by atoms with E-state index in [-0.39, 0.29) is 0 Å². The summed E-state index contributed by atoms with van der Waals surface area (Å²) in [4.78, 5) is 0. The Labute approximate surface area is 118 Å². The van der Waals surface area contributed by atoms with Crippen LogP contribution in [0.25, 0.3) is 0 Å². The van der Waals surface area contributed by atoms with Crippen LogP contribution in [0.5, 0.6) is 5.75 Å². The van der Waals surface area contributed by atoms with Crippen molar-refractivity contribution in [3.8, 4) is 5.75 Å². The van der Waals surface area contributed by atoms with Gasteiger partial charge in [-0.2, -0.15) is 0 Å². The zero-order valence-corrected chi connectivity index (χ0v) is 13.6. The molecule has 0 spiro atoms. The summed E-state index contributed by atoms with van der Waals surface area (Å²) in [5, 5.41) is 10.3. The highest BCUT2D eigenvalue weighted by atomic mass is 16.3. The molecule has 0 aliphatic heterocycles. The molecular weight excluding hydrogens is 234 g/mol. The quantitative estimate of drug-likeness (QED) is 0.781. The molecule has 0 amide bonds. The minimum absolute atomic E-state index is 0.333. The minimum Gasteiger partial charge on any atom is -0.507 e. The zero-order valence-electron chi connectivity index (χ0n) is 13.6. The van der Waals surface area contributed by atoms with Crippen LogP contribution in [0.4, 0.5) is 0 Å². The van der Waals surface area contributed by atoms with Gasteiger partial charge in [0.2, 0.25) is 0 Å². The second-order valence-corrected chi connectivity index (χ2v) is 6.40. The van der Waals surface area contributed by atoms with Crippen LogP contribution < -0.4 is 0 Å². The maximum Gasteiger partial charge on any atom is 0.124 e. The number of nitrogens with zero attached hydrogens (tertiary/aromatic N) is 1. The number of hydrogen-bond acceptors (Lipinski definition) is 1. The van der Waals surface area contributed by atoms with Gasteiger partial charge >= 0.3 is 0 Å². The van der Waals surface area contributed by atoms with E-state index in [1.54, 1.807) is 0 Å². The third-order valence-corrected chi connectivity index (χ3v) is 4.83. The van der Waals surface area contributed by atoms with Crippen molar-refractivity contribution in [3.05, 3.63) is 29.3 Å². The molecule has 0 bridgehead atoms. The molecule has 19 heavy (non-hydrogen) atoms. The van der Waals surface area contributed by atoms with E-state index in [4.69, 9.17) is 0 Å². The van der Waals surface area contributed by atoms with Gasteiger partial charge in [0, 0.05) is 6.42 Å². The molecule has 0 heterocycles. The Balaban J connectivity index is 3.36. The second-order valence-electron chi connectivity index (χ2n) is 6.40. The van der Waals surface area contributed by atoms with Crippen LogP contribution in [0.3, 0.4) is 0 Å². The van der Waals surface area contributed by atoms with E-state index in [9.17, 15) is 5.11 Å². The molecule has 1 aromatic carbocycles. The number of hydrogen-bond donors (Lipinski definition) is 1. The topological polar surface area (TPSA) is 20.2 Å². The molecule has 0 aliphatic rings. The number of aryl methyl sites for hydroxylation is 1. The van der Waals surface area contributed by atoms with Crippen molar-refractivity contribution in [1.82, 2.24) is 0 Å². The molecule has 2 nitrogen and oxygen atoms in total. The van der Waals surface area contributed by atoms with Crippen molar-refractivity contribution in [2.45, 2.75) is 66.1 Å². The SMILES string of the molecule is CCC(c1cc(C)ccc1O)[N+](C)(C(C)C)C(C)C. The van der Waals surface area contributed by atoms with Crippen molar-refractivity contribution in [2.75, 3.05) is 7.05 Å². The van der Waals surface area contributed by atoms with Crippen LogP contribution in [0.2, 0.25) is 0 Å². The van der Waals surface area contributed by atoms with Gasteiger partial charge in [0.05, 0.1) is 24.7 Å². The van der Waals surface area contributed by atoms with E-state index >= 15 is 0 Å². The van der Waals surface area contributed by atoms with Crippen molar-refractivity contribution >= 4 is 0 Å². The molecule has 0 aliphatic carbocycles. The third-order valence-electron chi connectivity index (χ3n) is 4.83. The summed E-state index contributed by atoms with van der Waals surface area (Å²) in [7, 11) is 2.31. The lowest BCUT2D eigenvalue weighted by Crippen LogP contribution is -2.56. The first-order valence-electron chi connectivity index (χ1n) is 7.40. The average Bonchev–Trinajstić information content (AvgIpc) is 2.33. The normalized spacial score (nSPS) is 14.2. The van der Waals surface area contributed by atoms with E-state index < -0.39 is 0 Å². The average molecular weight is 264 g/mol. The minimum atomic E-state index is 0.333. The van der Waals surface area contributed by atoms with Gasteiger partial charge in [-0.1, -0.05) is 18.6 Å². The smallest absolute Gasteiger partial charge is 0.124 e. The highest BCUT2D eigenvalue weighted by Crippen LogP contribution is 2.39. The monoisotopic (exact) mass is 264 g/mol. The fraction of sp³-hybridized carbons (Fsp3) is 0.647. The summed E-state index contributed by atoms with van der Waals surface area (Å²) in [6.07, 6.45) is 1.03. The standard InChI is InChI=1S/C17H29NO/c1-8-16(18(7,12(2)3)13(4)5)15-11-14(6)9-10-17(15)19/h9-13,16H,8H2,1-7H3/p+1. The predicted octanol–water partition coefficient (Wildman–Crippen LogP) is 4.42. The van der Waals surface area contributed by atoms with Gasteiger partial charge in [0.25, 0.3) is 0 Å². The Bertz CT molecular complexity index is 415. The molecule has 1 aromatic rings. The Kier molecular flexibility index (Phi) is 5.03. The molecule has 1 unspecified atom stereocenters. The van der Waals surface area contributed by atoms with Gasteiger partial charge < -0.3 is 9.59 Å². The van der Waals surface area contributed by atoms with E-state index in [1.807, 2.05) is 12.1 Å². The number of aromatic hydroxyl groups is 1. The van der Waals surface area contributed by atoms with E-state index in [0.717, 1.165) is 16.5 Å². The van der Waals surface area contributed by atoms with E-state index in [0.29, 0.717) is 23.9 Å². The van der Waals surface area contributed by atoms with Crippen LogP contribution in [0, 0.1) is 6.92 Å². The highest BCUT2D eigenvalue weighted by molar-refractivity contribution is 5.37. The number of rotatable bonds is 5. The molecule has 1 atom stereocenters. The van der Waals surface area contributed by atoms with Gasteiger partial charge in [-0.15, -0.1) is 0 Å². The summed E-state index contributed by atoms with van der Waals surface area (Å²) in [6.45, 7) is 13.4. The maximum atomic E-state index is 10.3. The third kappa shape index (κ3) is 2.94. The lowest BCUT2D eigenvalue weighted by Gasteiger charge is -2.48. The van der Waals surface area contributed by atoms with Crippen LogP contribution in [0.1, 0.15) is 58.2 Å². The van der Waals surface area contributed by atoms with Crippen molar-refractivity contribution < 1.29 is 9.59 Å². The summed E-state index contributed by atoms with van der Waals surface area (Å²) < 4.78 is 0.952. The molecule has 0 saturated heterocycles. The molecule has 1 rings (SSSR count). The Hall–Kier alpha value is -1.02. The number of phenols is 1. The van der Waals surface area contributed by atoms with Crippen LogP contribution >= 0.6 is 0 Å². The van der Waals surface area contributed by atoms with Crippen LogP contribution in [-0.2, 0) is 0 Å². The molecule has 108 valence electrons. The van der Waals surface area contributed by atoms with Crippen molar-refractivity contribution in [3.63, 3.8) is 0 Å². The second kappa shape index (κ2) is 5.96. The molecule has 0 aromatic heterocycles. The zero-order chi connectivity index (χ0) is 14.8. The van der Waals surface area contributed by atoms with Crippen LogP contribution in [0.15, 0.2) is 18.2 Å². The fourth-order valence-electron chi connectivity index (χ4n) is 3.17. The molecular formula is C17H30NO+. The molecule has 0 saturated carbocycles. The van der Waals surface area contributed by atoms with Gasteiger partial charge in [-0.25, -0.2) is 0 Å². The van der Waals surface area contributed by atoms with Crippen molar-refractivity contribution in [2.24, 2.45) is 0 Å². The number of quaternary nitrogens is 1. The molecule has 1 N–H and O–H groups in total. The first-order chi connectivity index (χ1) is 8.75. The largest absolute Gasteiger partial charge is 0.507 e. The summed E-state index contributed by atoms with van der Waals surface area (Å²) in [5.41, 5.74) is 2.30. The van der Waals surface area contributed by atoms with E-state index in [2.05, 4.69) is 54.7 Å². The predicted molar refractivity (Wildman–Crippen MR) is 82.3 cm³/mol. The Morgan fingerprint density at radius 2 is 1.63 bits per heavy atom. The fourth-order valence-corrected chi connectivity index (χ4v) is 3.17. The number of benzene rings is 1. The lowest BCUT2D eigenvalue weighted by atomic mass is 9.94. The molecule has 2 heteroatoms. The van der Waals surface area contributed by atoms with Gasteiger partial charge in [-0.3, -0.25) is 0 Å². The molecule has 0 fully saturated rings. The molecule has 0 radical (unpaired) electrons. The maximum absolute atomic E-state index is 10.3. The van der Waals surface area contributed by atoms with Crippen molar-refractivity contribution in [1.29, 1.82) is 0 Å². The van der Waals surface area contributed by atoms with Gasteiger partial charge in [0.15, 0.2) is 0 Å². The number of phenolic OH excluding ortho intramolecular Hbond substituents is 1. The summed E-state index contributed by atoms with van der Waals surface area (Å²) in [6, 6.07) is 7.32. The first kappa shape index (κ1) is 16.0. The van der Waals surface area contributed by atoms with E-state index in [1.165, 1.54) is 5.56 Å². The Morgan fingerprint density at radius 1 is 1.11 bits per heavy atom. The highest BCUT2D eigenvalue weighted by Gasteiger charge is 2.39. The lowest BCUT2D eigenvalue weighted by molar-refractivity contribution is -0.977. The summed E-state index contributed by atoms with van der Waals surface area (Å²) >= 11 is 0. The summed E-state index contributed by atoms with van der Waals surface area (Å²) in [5.74, 6) is 0.433.